The number of anilines is 1. The molecule has 10 nitrogen and oxygen atoms in total. The summed E-state index contributed by atoms with van der Waals surface area (Å²) in [5, 5.41) is 27.8. The van der Waals surface area contributed by atoms with Crippen LogP contribution in [-0.2, 0) is 21.7 Å². The highest BCUT2D eigenvalue weighted by molar-refractivity contribution is 8.45. The van der Waals surface area contributed by atoms with Gasteiger partial charge in [0.25, 0.3) is 0 Å². The quantitative estimate of drug-likeness (QED) is 0.278. The van der Waals surface area contributed by atoms with Crippen LogP contribution in [-0.4, -0.2) is 36.7 Å². The van der Waals surface area contributed by atoms with Crippen molar-refractivity contribution in [2.75, 3.05) is 5.32 Å². The number of hydrogen-bond donors (Lipinski definition) is 2. The summed E-state index contributed by atoms with van der Waals surface area (Å²) >= 11 is 11.9. The van der Waals surface area contributed by atoms with Gasteiger partial charge in [0.2, 0.25) is 0 Å². The van der Waals surface area contributed by atoms with Gasteiger partial charge in [-0.25, -0.2) is 14.2 Å². The Bertz CT molecular complexity index is 1570. The molecule has 0 saturated heterocycles. The Morgan fingerprint density at radius 3 is 2.18 bits per heavy atom. The molecule has 18 heteroatoms. The summed E-state index contributed by atoms with van der Waals surface area (Å²) in [6.45, 7) is 3.01. The number of nitrogens with zero attached hydrogens (tertiary/aromatic N) is 5. The smallest absolute Gasteiger partial charge is 0.414 e. The maximum atomic E-state index is 13.4. The molecule has 1 aliphatic rings. The SMILES string of the molecule is Cc1cc(C)n(COC(=O)Nc2c(C3(C(=O)O)CC3)c(C#N)nn2-c2c(Cl)cc(S(F)(F)(F)(F)F)cc2Cl)n1. The summed E-state index contributed by atoms with van der Waals surface area (Å²) in [6.07, 6.45) is -1.13. The van der Waals surface area contributed by atoms with E-state index in [0.29, 0.717) is 16.1 Å². The van der Waals surface area contributed by atoms with Crippen molar-refractivity contribution in [3.05, 3.63) is 50.9 Å². The van der Waals surface area contributed by atoms with Crippen molar-refractivity contribution in [1.82, 2.24) is 19.6 Å². The van der Waals surface area contributed by atoms with Gasteiger partial charge in [0, 0.05) is 5.69 Å². The largest absolute Gasteiger partial charge is 0.481 e. The van der Waals surface area contributed by atoms with Gasteiger partial charge in [-0.3, -0.25) is 10.1 Å². The highest BCUT2D eigenvalue weighted by Crippen LogP contribution is 3.02. The van der Waals surface area contributed by atoms with E-state index in [2.05, 4.69) is 15.5 Å². The lowest BCUT2D eigenvalue weighted by Crippen LogP contribution is -2.25. The number of amides is 1. The average Bonchev–Trinajstić information content (AvgIpc) is 3.42. The number of hydrogen-bond acceptors (Lipinski definition) is 6. The van der Waals surface area contributed by atoms with Crippen LogP contribution < -0.4 is 5.32 Å². The number of carbonyl (C=O) groups is 2. The lowest BCUT2D eigenvalue weighted by atomic mass is 9.95. The lowest BCUT2D eigenvalue weighted by molar-refractivity contribution is -0.140. The van der Waals surface area contributed by atoms with Crippen molar-refractivity contribution in [2.45, 2.75) is 43.7 Å². The van der Waals surface area contributed by atoms with Gasteiger partial charge in [-0.1, -0.05) is 42.6 Å². The van der Waals surface area contributed by atoms with Crippen molar-refractivity contribution in [1.29, 1.82) is 5.26 Å². The number of rotatable bonds is 7. The number of nitrogens with one attached hydrogen (secondary N) is 1. The molecule has 0 radical (unpaired) electrons. The van der Waals surface area contributed by atoms with Crippen LogP contribution in [0.3, 0.4) is 0 Å². The Morgan fingerprint density at radius 2 is 1.74 bits per heavy atom. The molecule has 1 fully saturated rings. The second-order valence-corrected chi connectivity index (χ2v) is 12.0. The number of carboxylic acids is 1. The van der Waals surface area contributed by atoms with Crippen LogP contribution in [0.25, 0.3) is 5.69 Å². The molecule has 1 aliphatic carbocycles. The lowest BCUT2D eigenvalue weighted by Gasteiger charge is -2.40. The van der Waals surface area contributed by atoms with Crippen LogP contribution in [0.15, 0.2) is 23.1 Å². The van der Waals surface area contributed by atoms with Crippen LogP contribution in [0.5, 0.6) is 0 Å². The predicted molar refractivity (Wildman–Crippen MR) is 130 cm³/mol. The summed E-state index contributed by atoms with van der Waals surface area (Å²) in [5.74, 6) is -1.88. The Hall–Kier alpha value is -3.55. The molecule has 1 amide bonds. The zero-order valence-corrected chi connectivity index (χ0v) is 22.1. The molecule has 0 spiro atoms. The van der Waals surface area contributed by atoms with E-state index < -0.39 is 59.8 Å². The van der Waals surface area contributed by atoms with E-state index in [4.69, 9.17) is 27.9 Å². The average molecular weight is 615 g/mol. The molecule has 3 aromatic rings. The highest BCUT2D eigenvalue weighted by Gasteiger charge is 2.65. The van der Waals surface area contributed by atoms with Crippen molar-refractivity contribution >= 4 is 51.3 Å². The van der Waals surface area contributed by atoms with Crippen molar-refractivity contribution in [2.24, 2.45) is 0 Å². The number of ether oxygens (including phenoxy) is 1. The van der Waals surface area contributed by atoms with E-state index in [9.17, 15) is 39.4 Å². The minimum Gasteiger partial charge on any atom is -0.481 e. The number of benzene rings is 1. The monoisotopic (exact) mass is 614 g/mol. The van der Waals surface area contributed by atoms with Gasteiger partial charge in [0.05, 0.1) is 26.7 Å². The molecule has 0 atom stereocenters. The number of aromatic nitrogens is 4. The topological polar surface area (TPSA) is 135 Å². The third kappa shape index (κ3) is 5.34. The minimum atomic E-state index is -10.2. The van der Waals surface area contributed by atoms with Gasteiger partial charge in [-0.15, -0.1) is 0 Å². The summed E-state index contributed by atoms with van der Waals surface area (Å²) in [6, 6.07) is 3.23. The fourth-order valence-electron chi connectivity index (χ4n) is 3.95. The van der Waals surface area contributed by atoms with E-state index in [1.165, 1.54) is 4.68 Å². The van der Waals surface area contributed by atoms with Crippen LogP contribution in [0.2, 0.25) is 10.0 Å². The Balaban J connectivity index is 1.85. The third-order valence-electron chi connectivity index (χ3n) is 5.92. The number of halogens is 7. The number of carboxylic acid groups (broad SMARTS) is 1. The molecule has 4 rings (SSSR count). The van der Waals surface area contributed by atoms with Gasteiger partial charge < -0.3 is 9.84 Å². The second-order valence-electron chi connectivity index (χ2n) is 8.80. The van der Waals surface area contributed by atoms with Gasteiger partial charge in [0.15, 0.2) is 12.4 Å². The first-order chi connectivity index (χ1) is 17.8. The molecular weight excluding hydrogens is 598 g/mol. The van der Waals surface area contributed by atoms with Gasteiger partial charge >= 0.3 is 22.3 Å². The Kier molecular flexibility index (Phi) is 6.18. The van der Waals surface area contributed by atoms with Crippen LogP contribution in [0.1, 0.15) is 35.5 Å². The first kappa shape index (κ1) is 28.5. The first-order valence-electron chi connectivity index (χ1n) is 10.7. The molecule has 210 valence electrons. The van der Waals surface area contributed by atoms with Crippen LogP contribution >= 0.6 is 33.4 Å². The molecule has 0 unspecified atom stereocenters. The molecule has 0 aliphatic heterocycles. The normalized spacial score (nSPS) is 16.1. The van der Waals surface area contributed by atoms with Crippen LogP contribution in [0, 0.1) is 25.2 Å². The molecule has 39 heavy (non-hydrogen) atoms. The maximum absolute atomic E-state index is 13.4. The second kappa shape index (κ2) is 8.47. The predicted octanol–water partition coefficient (Wildman–Crippen LogP) is 6.84. The van der Waals surface area contributed by atoms with E-state index in [1.54, 1.807) is 26.0 Å². The van der Waals surface area contributed by atoms with E-state index in [0.717, 1.165) is 0 Å². The standard InChI is InChI=1S/C21H17Cl2F5N6O4S/c1-10-5-11(2)33(31-10)9-38-20(37)30-18-16(21(3-4-21)19(35)36)15(8-29)32-34(18)17-13(22)6-12(7-14(17)23)39(24,25,26,27)28/h5-7H,3-4,9H2,1-2H3,(H,30,37)(H,35,36). The van der Waals surface area contributed by atoms with Crippen molar-refractivity contribution in [3.8, 4) is 11.8 Å². The molecule has 1 aromatic carbocycles. The number of carbonyl (C=O) groups excluding carboxylic acids is 1. The Morgan fingerprint density at radius 1 is 1.15 bits per heavy atom. The molecule has 2 aromatic heterocycles. The first-order valence-corrected chi connectivity index (χ1v) is 13.4. The number of aliphatic carboxylic acids is 1. The highest BCUT2D eigenvalue weighted by atomic mass is 35.5. The fraction of sp³-hybridized carbons (Fsp3) is 0.286. The van der Waals surface area contributed by atoms with Gasteiger partial charge in [0.1, 0.15) is 22.5 Å². The minimum absolute atomic E-state index is 0.0306. The summed E-state index contributed by atoms with van der Waals surface area (Å²) < 4.78 is 74.1. The summed E-state index contributed by atoms with van der Waals surface area (Å²) in [5.41, 5.74) is -1.83. The van der Waals surface area contributed by atoms with Crippen molar-refractivity contribution < 1.29 is 38.9 Å². The molecule has 2 heterocycles. The number of aryl methyl sites for hydroxylation is 2. The summed E-state index contributed by atoms with van der Waals surface area (Å²) in [7, 11) is -10.2. The van der Waals surface area contributed by atoms with Crippen LogP contribution in [0.4, 0.5) is 30.0 Å². The molecule has 0 bridgehead atoms. The van der Waals surface area contributed by atoms with Gasteiger partial charge in [-0.2, -0.15) is 15.5 Å². The fourth-order valence-corrected chi connectivity index (χ4v) is 5.41. The van der Waals surface area contributed by atoms with E-state index >= 15 is 0 Å². The molecule has 1 saturated carbocycles. The van der Waals surface area contributed by atoms with E-state index in [-0.39, 0.29) is 37.3 Å². The molecular formula is C21H17Cl2F5N6O4S. The van der Waals surface area contributed by atoms with Crippen molar-refractivity contribution in [3.63, 3.8) is 0 Å². The molecule has 2 N–H and O–H groups in total. The number of nitriles is 1. The maximum Gasteiger partial charge on any atom is 0.414 e. The van der Waals surface area contributed by atoms with E-state index in [1.807, 2.05) is 0 Å². The van der Waals surface area contributed by atoms with Gasteiger partial charge in [-0.05, 0) is 44.9 Å². The third-order valence-corrected chi connectivity index (χ3v) is 7.62. The zero-order valence-electron chi connectivity index (χ0n) is 19.8. The Labute approximate surface area is 226 Å². The summed E-state index contributed by atoms with van der Waals surface area (Å²) in [4.78, 5) is 22.4. The zero-order chi connectivity index (χ0) is 29.2.